The zero-order valence-corrected chi connectivity index (χ0v) is 17.1. The van der Waals surface area contributed by atoms with Crippen molar-refractivity contribution >= 4 is 6.03 Å². The number of hydrogen-bond donors (Lipinski definition) is 1. The topological polar surface area (TPSA) is 50.8 Å². The van der Waals surface area contributed by atoms with E-state index in [0.29, 0.717) is 13.2 Å². The molecule has 0 saturated heterocycles. The Morgan fingerprint density at radius 1 is 0.964 bits per heavy atom. The zero-order valence-electron chi connectivity index (χ0n) is 17.1. The minimum atomic E-state index is -0.116. The Morgan fingerprint density at radius 2 is 1.64 bits per heavy atom. The fourth-order valence-corrected chi connectivity index (χ4v) is 3.37. The summed E-state index contributed by atoms with van der Waals surface area (Å²) >= 11 is 0. The second-order valence-corrected chi connectivity index (χ2v) is 7.63. The molecule has 28 heavy (non-hydrogen) atoms. The standard InChI is InChI=1S/C23H30N2O3/c1-16(2)22(19-11-12-20-21(15-19)28-14-8-13-27-20)24-23(26)25(4)17(3)18-9-6-5-7-10-18/h5-7,9-12,15-17,22H,8,13-14H2,1-4H3,(H,24,26). The molecule has 2 aromatic rings. The lowest BCUT2D eigenvalue weighted by atomic mass is 9.95. The van der Waals surface area contributed by atoms with Crippen LogP contribution in [0.4, 0.5) is 4.79 Å². The summed E-state index contributed by atoms with van der Waals surface area (Å²) in [6.45, 7) is 7.56. The third-order valence-corrected chi connectivity index (χ3v) is 5.26. The van der Waals surface area contributed by atoms with Crippen LogP contribution in [0.15, 0.2) is 48.5 Å². The average molecular weight is 383 g/mol. The van der Waals surface area contributed by atoms with Gasteiger partial charge in [-0.2, -0.15) is 0 Å². The molecule has 2 atom stereocenters. The zero-order chi connectivity index (χ0) is 20.1. The van der Waals surface area contributed by atoms with E-state index >= 15 is 0 Å². The molecule has 2 unspecified atom stereocenters. The molecule has 0 aromatic heterocycles. The van der Waals surface area contributed by atoms with Gasteiger partial charge < -0.3 is 19.7 Å². The van der Waals surface area contributed by atoms with Crippen LogP contribution in [0, 0.1) is 5.92 Å². The third-order valence-electron chi connectivity index (χ3n) is 5.26. The first kappa shape index (κ1) is 20.1. The van der Waals surface area contributed by atoms with Crippen LogP contribution in [0.25, 0.3) is 0 Å². The molecule has 1 aliphatic rings. The number of urea groups is 1. The molecule has 0 aliphatic carbocycles. The first-order chi connectivity index (χ1) is 13.5. The number of hydrogen-bond acceptors (Lipinski definition) is 3. The van der Waals surface area contributed by atoms with Crippen molar-refractivity contribution in [1.82, 2.24) is 10.2 Å². The van der Waals surface area contributed by atoms with Gasteiger partial charge in [-0.3, -0.25) is 0 Å². The number of carbonyl (C=O) groups excluding carboxylic acids is 1. The lowest BCUT2D eigenvalue weighted by molar-refractivity contribution is 0.186. The maximum Gasteiger partial charge on any atom is 0.318 e. The van der Waals surface area contributed by atoms with Gasteiger partial charge >= 0.3 is 6.03 Å². The third kappa shape index (κ3) is 4.58. The average Bonchev–Trinajstić information content (AvgIpc) is 2.96. The summed E-state index contributed by atoms with van der Waals surface area (Å²) < 4.78 is 11.5. The second kappa shape index (κ2) is 9.00. The lowest BCUT2D eigenvalue weighted by Crippen LogP contribution is -2.42. The summed E-state index contributed by atoms with van der Waals surface area (Å²) in [5.41, 5.74) is 2.13. The second-order valence-electron chi connectivity index (χ2n) is 7.63. The maximum atomic E-state index is 12.9. The molecule has 150 valence electrons. The normalized spacial score (nSPS) is 15.5. The number of benzene rings is 2. The van der Waals surface area contributed by atoms with Crippen molar-refractivity contribution in [3.05, 3.63) is 59.7 Å². The van der Waals surface area contributed by atoms with E-state index in [1.165, 1.54) is 0 Å². The van der Waals surface area contributed by atoms with Crippen LogP contribution in [0.1, 0.15) is 50.4 Å². The summed E-state index contributed by atoms with van der Waals surface area (Å²) in [6, 6.07) is 15.8. The van der Waals surface area contributed by atoms with Gasteiger partial charge in [-0.05, 0) is 36.1 Å². The summed E-state index contributed by atoms with van der Waals surface area (Å²) in [5.74, 6) is 1.75. The highest BCUT2D eigenvalue weighted by Crippen LogP contribution is 2.34. The van der Waals surface area contributed by atoms with Crippen molar-refractivity contribution in [1.29, 1.82) is 0 Å². The van der Waals surface area contributed by atoms with Crippen LogP contribution in [0.5, 0.6) is 11.5 Å². The molecular formula is C23H30N2O3. The minimum Gasteiger partial charge on any atom is -0.490 e. The van der Waals surface area contributed by atoms with Crippen LogP contribution in [0.2, 0.25) is 0 Å². The van der Waals surface area contributed by atoms with Crippen LogP contribution in [-0.4, -0.2) is 31.2 Å². The number of amides is 2. The quantitative estimate of drug-likeness (QED) is 0.796. The number of nitrogens with zero attached hydrogens (tertiary/aromatic N) is 1. The lowest BCUT2D eigenvalue weighted by Gasteiger charge is -2.30. The van der Waals surface area contributed by atoms with Crippen molar-refractivity contribution in [2.24, 2.45) is 5.92 Å². The van der Waals surface area contributed by atoms with E-state index in [4.69, 9.17) is 9.47 Å². The fraction of sp³-hybridized carbons (Fsp3) is 0.435. The van der Waals surface area contributed by atoms with Crippen molar-refractivity contribution in [3.8, 4) is 11.5 Å². The van der Waals surface area contributed by atoms with Gasteiger partial charge in [-0.1, -0.05) is 50.2 Å². The largest absolute Gasteiger partial charge is 0.490 e. The van der Waals surface area contributed by atoms with E-state index in [-0.39, 0.29) is 24.0 Å². The van der Waals surface area contributed by atoms with E-state index in [0.717, 1.165) is 29.0 Å². The van der Waals surface area contributed by atoms with Gasteiger partial charge in [0.2, 0.25) is 0 Å². The molecule has 5 nitrogen and oxygen atoms in total. The van der Waals surface area contributed by atoms with Crippen molar-refractivity contribution in [2.75, 3.05) is 20.3 Å². The van der Waals surface area contributed by atoms with E-state index in [1.54, 1.807) is 4.90 Å². The monoisotopic (exact) mass is 382 g/mol. The molecule has 1 aliphatic heterocycles. The van der Waals surface area contributed by atoms with Crippen molar-refractivity contribution in [2.45, 2.75) is 39.3 Å². The van der Waals surface area contributed by atoms with Crippen LogP contribution >= 0.6 is 0 Å². The molecule has 3 rings (SSSR count). The predicted molar refractivity (Wildman–Crippen MR) is 111 cm³/mol. The molecule has 0 radical (unpaired) electrons. The van der Waals surface area contributed by atoms with E-state index in [9.17, 15) is 4.79 Å². The molecule has 2 aromatic carbocycles. The van der Waals surface area contributed by atoms with E-state index < -0.39 is 0 Å². The molecule has 0 spiro atoms. The fourth-order valence-electron chi connectivity index (χ4n) is 3.37. The Labute approximate surface area is 167 Å². The smallest absolute Gasteiger partial charge is 0.318 e. The van der Waals surface area contributed by atoms with Gasteiger partial charge in [-0.25, -0.2) is 4.79 Å². The Balaban J connectivity index is 1.76. The number of carbonyl (C=O) groups is 1. The van der Waals surface area contributed by atoms with Crippen LogP contribution in [0.3, 0.4) is 0 Å². The Morgan fingerprint density at radius 3 is 2.32 bits per heavy atom. The van der Waals surface area contributed by atoms with Gasteiger partial charge in [0.05, 0.1) is 25.3 Å². The van der Waals surface area contributed by atoms with Crippen molar-refractivity contribution < 1.29 is 14.3 Å². The first-order valence-electron chi connectivity index (χ1n) is 9.95. The molecule has 0 saturated carbocycles. The predicted octanol–water partition coefficient (Wildman–Crippen LogP) is 4.95. The van der Waals surface area contributed by atoms with E-state index in [2.05, 4.69) is 19.2 Å². The first-order valence-corrected chi connectivity index (χ1v) is 9.95. The summed E-state index contributed by atoms with van der Waals surface area (Å²) in [7, 11) is 1.83. The molecule has 2 amide bonds. The highest BCUT2D eigenvalue weighted by Gasteiger charge is 2.24. The SMILES string of the molecule is CC(C)C(NC(=O)N(C)C(C)c1ccccc1)c1ccc2c(c1)OCCCO2. The van der Waals surface area contributed by atoms with Crippen LogP contribution in [-0.2, 0) is 0 Å². The maximum absolute atomic E-state index is 12.9. The van der Waals surface area contributed by atoms with Gasteiger partial charge in [0.1, 0.15) is 0 Å². The van der Waals surface area contributed by atoms with Crippen LogP contribution < -0.4 is 14.8 Å². The molecule has 0 bridgehead atoms. The molecule has 1 heterocycles. The molecular weight excluding hydrogens is 352 g/mol. The van der Waals surface area contributed by atoms with Crippen molar-refractivity contribution in [3.63, 3.8) is 0 Å². The molecule has 1 N–H and O–H groups in total. The summed E-state index contributed by atoms with van der Waals surface area (Å²) in [6.07, 6.45) is 0.872. The van der Waals surface area contributed by atoms with Gasteiger partial charge in [0.25, 0.3) is 0 Å². The Hall–Kier alpha value is -2.69. The molecule has 0 fully saturated rings. The Kier molecular flexibility index (Phi) is 6.45. The molecule has 5 heteroatoms. The highest BCUT2D eigenvalue weighted by molar-refractivity contribution is 5.75. The van der Waals surface area contributed by atoms with Gasteiger partial charge in [0.15, 0.2) is 11.5 Å². The highest BCUT2D eigenvalue weighted by atomic mass is 16.5. The number of rotatable bonds is 5. The Bertz CT molecular complexity index is 792. The van der Waals surface area contributed by atoms with Gasteiger partial charge in [-0.15, -0.1) is 0 Å². The minimum absolute atomic E-state index is 0.0159. The number of nitrogens with one attached hydrogen (secondary N) is 1. The summed E-state index contributed by atoms with van der Waals surface area (Å²) in [5, 5.41) is 3.20. The van der Waals surface area contributed by atoms with E-state index in [1.807, 2.05) is 62.5 Å². The van der Waals surface area contributed by atoms with Gasteiger partial charge in [0, 0.05) is 13.5 Å². The summed E-state index contributed by atoms with van der Waals surface area (Å²) in [4.78, 5) is 14.7. The number of ether oxygens (including phenoxy) is 2. The number of fused-ring (bicyclic) bond motifs is 1.